The van der Waals surface area contributed by atoms with E-state index in [1.807, 2.05) is 0 Å². The topological polar surface area (TPSA) is 0 Å². The van der Waals surface area contributed by atoms with Gasteiger partial charge in [-0.3, -0.25) is 0 Å². The summed E-state index contributed by atoms with van der Waals surface area (Å²) in [4.78, 5) is 0. The minimum atomic E-state index is 0.645. The molecule has 0 spiro atoms. The first-order valence-electron chi connectivity index (χ1n) is 4.78. The molecule has 1 aromatic rings. The molecular formula is C12H13Br. The summed E-state index contributed by atoms with van der Waals surface area (Å²) in [6.07, 6.45) is 8.52. The van der Waals surface area contributed by atoms with E-state index in [4.69, 9.17) is 0 Å². The zero-order chi connectivity index (χ0) is 9.10. The highest BCUT2D eigenvalue weighted by Crippen LogP contribution is 2.28. The third-order valence-electron chi connectivity index (χ3n) is 2.53. The average Bonchev–Trinajstić information content (AvgIpc) is 2.19. The van der Waals surface area contributed by atoms with Crippen molar-refractivity contribution in [1.29, 1.82) is 0 Å². The Morgan fingerprint density at radius 2 is 2.23 bits per heavy atom. The van der Waals surface area contributed by atoms with Gasteiger partial charge in [0.1, 0.15) is 0 Å². The summed E-state index contributed by atoms with van der Waals surface area (Å²) in [5.74, 6) is 0.645. The molecule has 0 unspecified atom stereocenters. The molecule has 0 heterocycles. The fourth-order valence-electron chi connectivity index (χ4n) is 1.83. The molecule has 0 fully saturated rings. The second-order valence-electron chi connectivity index (χ2n) is 3.52. The Bertz CT molecular complexity index is 315. The van der Waals surface area contributed by atoms with Gasteiger partial charge in [0.2, 0.25) is 0 Å². The molecule has 0 aliphatic heterocycles. The van der Waals surface area contributed by atoms with Crippen molar-refractivity contribution in [3.63, 3.8) is 0 Å². The van der Waals surface area contributed by atoms with Crippen LogP contribution >= 0.6 is 15.9 Å². The highest BCUT2D eigenvalue weighted by atomic mass is 79.9. The van der Waals surface area contributed by atoms with E-state index in [-0.39, 0.29) is 0 Å². The van der Waals surface area contributed by atoms with Crippen LogP contribution in [0.25, 0.3) is 0 Å². The molecule has 0 nitrogen and oxygen atoms in total. The van der Waals surface area contributed by atoms with Crippen molar-refractivity contribution in [2.24, 2.45) is 0 Å². The summed E-state index contributed by atoms with van der Waals surface area (Å²) < 4.78 is 1.18. The Kier molecular flexibility index (Phi) is 2.84. The van der Waals surface area contributed by atoms with Crippen molar-refractivity contribution >= 4 is 15.9 Å². The molecule has 1 aromatic carbocycles. The van der Waals surface area contributed by atoms with Gasteiger partial charge in [-0.25, -0.2) is 0 Å². The molecule has 0 saturated carbocycles. The smallest absolute Gasteiger partial charge is 0.0178 e. The fraction of sp³-hybridized carbons (Fsp3) is 0.333. The minimum absolute atomic E-state index is 0.645. The van der Waals surface area contributed by atoms with E-state index < -0.39 is 0 Å². The van der Waals surface area contributed by atoms with Gasteiger partial charge in [0.05, 0.1) is 0 Å². The summed E-state index contributed by atoms with van der Waals surface area (Å²) in [5, 5.41) is 0. The first kappa shape index (κ1) is 9.01. The average molecular weight is 237 g/mol. The number of allylic oxidation sites excluding steroid dienone is 2. The Balaban J connectivity index is 2.24. The van der Waals surface area contributed by atoms with Gasteiger partial charge in [0.25, 0.3) is 0 Å². The molecule has 0 radical (unpaired) electrons. The Hall–Kier alpha value is -0.560. The zero-order valence-electron chi connectivity index (χ0n) is 7.54. The van der Waals surface area contributed by atoms with Gasteiger partial charge in [-0.2, -0.15) is 0 Å². The van der Waals surface area contributed by atoms with Crippen molar-refractivity contribution in [2.45, 2.75) is 25.2 Å². The lowest BCUT2D eigenvalue weighted by Crippen LogP contribution is -1.98. The molecule has 0 amide bonds. The quantitative estimate of drug-likeness (QED) is 0.639. The first-order chi connectivity index (χ1) is 6.36. The van der Waals surface area contributed by atoms with E-state index in [1.165, 1.54) is 29.3 Å². The van der Waals surface area contributed by atoms with Gasteiger partial charge in [0.15, 0.2) is 0 Å². The fourth-order valence-corrected chi connectivity index (χ4v) is 2.24. The molecule has 1 atom stereocenters. The monoisotopic (exact) mass is 236 g/mol. The van der Waals surface area contributed by atoms with Crippen molar-refractivity contribution in [3.05, 3.63) is 46.5 Å². The minimum Gasteiger partial charge on any atom is -0.0879 e. The summed E-state index contributed by atoms with van der Waals surface area (Å²) in [7, 11) is 0. The second kappa shape index (κ2) is 4.10. The van der Waals surface area contributed by atoms with Gasteiger partial charge in [-0.05, 0) is 37.0 Å². The SMILES string of the molecule is Brc1cccc([C@@H]2C=CCCC2)c1. The Morgan fingerprint density at radius 1 is 1.31 bits per heavy atom. The van der Waals surface area contributed by atoms with Crippen molar-refractivity contribution < 1.29 is 0 Å². The highest BCUT2D eigenvalue weighted by molar-refractivity contribution is 9.10. The van der Waals surface area contributed by atoms with Crippen LogP contribution in [0, 0.1) is 0 Å². The molecule has 1 aliphatic rings. The van der Waals surface area contributed by atoms with Crippen LogP contribution < -0.4 is 0 Å². The van der Waals surface area contributed by atoms with E-state index in [1.54, 1.807) is 0 Å². The van der Waals surface area contributed by atoms with Crippen LogP contribution in [-0.2, 0) is 0 Å². The lowest BCUT2D eigenvalue weighted by molar-refractivity contribution is 0.654. The van der Waals surface area contributed by atoms with E-state index in [0.29, 0.717) is 5.92 Å². The third-order valence-corrected chi connectivity index (χ3v) is 3.02. The molecule has 68 valence electrons. The molecule has 13 heavy (non-hydrogen) atoms. The van der Waals surface area contributed by atoms with Crippen LogP contribution in [0.1, 0.15) is 30.7 Å². The molecule has 0 bridgehead atoms. The highest BCUT2D eigenvalue weighted by Gasteiger charge is 2.10. The molecule has 0 saturated heterocycles. The molecule has 1 heteroatoms. The summed E-state index contributed by atoms with van der Waals surface area (Å²) >= 11 is 3.50. The maximum Gasteiger partial charge on any atom is 0.0178 e. The number of benzene rings is 1. The van der Waals surface area contributed by atoms with Crippen molar-refractivity contribution in [1.82, 2.24) is 0 Å². The van der Waals surface area contributed by atoms with Gasteiger partial charge in [-0.1, -0.05) is 40.2 Å². The number of rotatable bonds is 1. The van der Waals surface area contributed by atoms with Crippen LogP contribution in [0.2, 0.25) is 0 Å². The predicted octanol–water partition coefficient (Wildman–Crippen LogP) is 4.27. The summed E-state index contributed by atoms with van der Waals surface area (Å²) in [6.45, 7) is 0. The first-order valence-corrected chi connectivity index (χ1v) is 5.58. The van der Waals surface area contributed by atoms with Crippen LogP contribution in [0.3, 0.4) is 0 Å². The van der Waals surface area contributed by atoms with E-state index in [0.717, 1.165) is 0 Å². The van der Waals surface area contributed by atoms with E-state index in [9.17, 15) is 0 Å². The van der Waals surface area contributed by atoms with Gasteiger partial charge in [0, 0.05) is 10.4 Å². The zero-order valence-corrected chi connectivity index (χ0v) is 9.13. The summed E-state index contributed by atoms with van der Waals surface area (Å²) in [6, 6.07) is 8.63. The Morgan fingerprint density at radius 3 is 2.92 bits per heavy atom. The van der Waals surface area contributed by atoms with Crippen LogP contribution in [0.15, 0.2) is 40.9 Å². The van der Waals surface area contributed by atoms with Crippen LogP contribution in [0.4, 0.5) is 0 Å². The number of halogens is 1. The van der Waals surface area contributed by atoms with Crippen molar-refractivity contribution in [2.75, 3.05) is 0 Å². The van der Waals surface area contributed by atoms with Gasteiger partial charge < -0.3 is 0 Å². The summed E-state index contributed by atoms with van der Waals surface area (Å²) in [5.41, 5.74) is 1.44. The largest absolute Gasteiger partial charge is 0.0879 e. The standard InChI is InChI=1S/C12H13Br/c13-12-8-4-7-11(9-12)10-5-2-1-3-6-10/h2,4-5,7-10H,1,3,6H2/t10-/m1/s1. The van der Waals surface area contributed by atoms with Crippen LogP contribution in [0.5, 0.6) is 0 Å². The van der Waals surface area contributed by atoms with Gasteiger partial charge >= 0.3 is 0 Å². The molecular weight excluding hydrogens is 224 g/mol. The molecule has 0 aromatic heterocycles. The Labute approximate surface area is 87.8 Å². The normalized spacial score (nSPS) is 21.8. The predicted molar refractivity (Wildman–Crippen MR) is 59.9 cm³/mol. The molecule has 1 aliphatic carbocycles. The van der Waals surface area contributed by atoms with Crippen molar-refractivity contribution in [3.8, 4) is 0 Å². The maximum absolute atomic E-state index is 3.50. The van der Waals surface area contributed by atoms with Gasteiger partial charge in [-0.15, -0.1) is 0 Å². The number of hydrogen-bond donors (Lipinski definition) is 0. The third kappa shape index (κ3) is 2.22. The lowest BCUT2D eigenvalue weighted by Gasteiger charge is -2.16. The number of hydrogen-bond acceptors (Lipinski definition) is 0. The van der Waals surface area contributed by atoms with E-state index in [2.05, 4.69) is 52.3 Å². The van der Waals surface area contributed by atoms with Crippen LogP contribution in [-0.4, -0.2) is 0 Å². The molecule has 2 rings (SSSR count). The lowest BCUT2D eigenvalue weighted by atomic mass is 9.89. The molecule has 0 N–H and O–H groups in total. The maximum atomic E-state index is 3.50. The van der Waals surface area contributed by atoms with E-state index >= 15 is 0 Å². The second-order valence-corrected chi connectivity index (χ2v) is 4.44.